The van der Waals surface area contributed by atoms with Crippen LogP contribution < -0.4 is 10.7 Å². The minimum absolute atomic E-state index is 0.142. The highest BCUT2D eigenvalue weighted by atomic mass is 16.2. The number of hydrogen-bond donors (Lipinski definition) is 2. The van der Waals surface area contributed by atoms with E-state index in [1.54, 1.807) is 0 Å². The van der Waals surface area contributed by atoms with Crippen molar-refractivity contribution in [3.63, 3.8) is 0 Å². The standard InChI is InChI=1S/C14H19N5O2/c20-12(13(21)18-19-7-15-16-8-19)17-14-4-9-1-10(5-14)3-11(2-9)6-14/h7-11H,1-6H2,(H,17,20)(H,18,21). The van der Waals surface area contributed by atoms with E-state index in [9.17, 15) is 9.59 Å². The zero-order valence-corrected chi connectivity index (χ0v) is 11.8. The Balaban J connectivity index is 1.43. The van der Waals surface area contributed by atoms with Crippen molar-refractivity contribution in [2.45, 2.75) is 44.1 Å². The van der Waals surface area contributed by atoms with Gasteiger partial charge in [0.2, 0.25) is 0 Å². The summed E-state index contributed by atoms with van der Waals surface area (Å²) in [7, 11) is 0. The summed E-state index contributed by atoms with van der Waals surface area (Å²) in [5, 5.41) is 10.2. The number of aromatic nitrogens is 3. The Kier molecular flexibility index (Phi) is 2.77. The molecular formula is C14H19N5O2. The lowest BCUT2D eigenvalue weighted by Gasteiger charge is -2.56. The summed E-state index contributed by atoms with van der Waals surface area (Å²) in [4.78, 5) is 24.1. The van der Waals surface area contributed by atoms with Crippen LogP contribution in [0.3, 0.4) is 0 Å². The molecule has 1 aromatic heterocycles. The van der Waals surface area contributed by atoms with E-state index in [1.807, 2.05) is 0 Å². The molecule has 4 aliphatic rings. The Morgan fingerprint density at radius 2 is 1.48 bits per heavy atom. The van der Waals surface area contributed by atoms with E-state index in [0.717, 1.165) is 37.0 Å². The molecule has 4 saturated carbocycles. The van der Waals surface area contributed by atoms with Crippen LogP contribution >= 0.6 is 0 Å². The first-order valence-corrected chi connectivity index (χ1v) is 7.60. The van der Waals surface area contributed by atoms with E-state index in [-0.39, 0.29) is 5.54 Å². The minimum atomic E-state index is -0.662. The van der Waals surface area contributed by atoms with Crippen LogP contribution in [0.5, 0.6) is 0 Å². The van der Waals surface area contributed by atoms with Crippen molar-refractivity contribution in [3.05, 3.63) is 12.7 Å². The van der Waals surface area contributed by atoms with Gasteiger partial charge in [0.25, 0.3) is 0 Å². The van der Waals surface area contributed by atoms with Gasteiger partial charge in [0.1, 0.15) is 12.7 Å². The molecule has 7 heteroatoms. The molecule has 0 atom stereocenters. The van der Waals surface area contributed by atoms with Gasteiger partial charge in [0.05, 0.1) is 0 Å². The van der Waals surface area contributed by atoms with Crippen molar-refractivity contribution in [1.29, 1.82) is 0 Å². The van der Waals surface area contributed by atoms with E-state index < -0.39 is 11.8 Å². The van der Waals surface area contributed by atoms with Crippen molar-refractivity contribution in [3.8, 4) is 0 Å². The number of rotatable bonds is 2. The van der Waals surface area contributed by atoms with Crippen LogP contribution in [0.1, 0.15) is 38.5 Å². The maximum atomic E-state index is 12.2. The van der Waals surface area contributed by atoms with Crippen molar-refractivity contribution < 1.29 is 9.59 Å². The minimum Gasteiger partial charge on any atom is -0.342 e. The molecule has 2 amide bonds. The lowest BCUT2D eigenvalue weighted by Crippen LogP contribution is -2.61. The summed E-state index contributed by atoms with van der Waals surface area (Å²) in [5.41, 5.74) is 2.30. The van der Waals surface area contributed by atoms with Gasteiger partial charge in [-0.15, -0.1) is 10.2 Å². The number of carbonyl (C=O) groups excluding carboxylic acids is 2. The quantitative estimate of drug-likeness (QED) is 0.773. The van der Waals surface area contributed by atoms with Crippen LogP contribution in [-0.4, -0.2) is 32.2 Å². The zero-order chi connectivity index (χ0) is 14.4. The first-order chi connectivity index (χ1) is 10.1. The monoisotopic (exact) mass is 289 g/mol. The van der Waals surface area contributed by atoms with Crippen molar-refractivity contribution >= 4 is 11.8 Å². The Labute approximate surface area is 122 Å². The average molecular weight is 289 g/mol. The van der Waals surface area contributed by atoms with Crippen LogP contribution in [0, 0.1) is 17.8 Å². The Morgan fingerprint density at radius 1 is 0.952 bits per heavy atom. The first kappa shape index (κ1) is 12.8. The third-order valence-electron chi connectivity index (χ3n) is 5.27. The highest BCUT2D eigenvalue weighted by molar-refractivity contribution is 6.38. The van der Waals surface area contributed by atoms with Crippen LogP contribution in [-0.2, 0) is 9.59 Å². The summed E-state index contributed by atoms with van der Waals surface area (Å²) < 4.78 is 1.28. The van der Waals surface area contributed by atoms with Crippen LogP contribution in [0.15, 0.2) is 12.7 Å². The number of carbonyl (C=O) groups is 2. The molecule has 1 heterocycles. The Hall–Kier alpha value is -1.92. The Morgan fingerprint density at radius 3 is 2.00 bits per heavy atom. The van der Waals surface area contributed by atoms with Gasteiger partial charge in [-0.25, -0.2) is 4.68 Å². The molecule has 2 N–H and O–H groups in total. The van der Waals surface area contributed by atoms with Crippen molar-refractivity contribution in [2.75, 3.05) is 5.43 Å². The Bertz CT molecular complexity index is 533. The van der Waals surface area contributed by atoms with E-state index in [1.165, 1.54) is 36.6 Å². The fraction of sp³-hybridized carbons (Fsp3) is 0.714. The second-order valence-electron chi connectivity index (χ2n) is 6.96. The molecule has 0 radical (unpaired) electrons. The number of amides is 2. The van der Waals surface area contributed by atoms with Gasteiger partial charge in [-0.1, -0.05) is 0 Å². The number of nitrogens with zero attached hydrogens (tertiary/aromatic N) is 3. The molecule has 5 rings (SSSR count). The summed E-state index contributed by atoms with van der Waals surface area (Å²) in [6, 6.07) is 0. The van der Waals surface area contributed by atoms with Crippen LogP contribution in [0.2, 0.25) is 0 Å². The van der Waals surface area contributed by atoms with E-state index in [0.29, 0.717) is 0 Å². The van der Waals surface area contributed by atoms with Crippen molar-refractivity contribution in [1.82, 2.24) is 20.2 Å². The summed E-state index contributed by atoms with van der Waals surface area (Å²) in [6.45, 7) is 0. The third kappa shape index (κ3) is 2.30. The fourth-order valence-corrected chi connectivity index (χ4v) is 4.99. The van der Waals surface area contributed by atoms with Gasteiger partial charge in [-0.3, -0.25) is 15.0 Å². The van der Waals surface area contributed by atoms with Gasteiger partial charge in [-0.05, 0) is 56.3 Å². The highest BCUT2D eigenvalue weighted by Gasteiger charge is 2.51. The van der Waals surface area contributed by atoms with Gasteiger partial charge in [-0.2, -0.15) is 0 Å². The molecule has 0 unspecified atom stereocenters. The van der Waals surface area contributed by atoms with Crippen LogP contribution in [0.25, 0.3) is 0 Å². The van der Waals surface area contributed by atoms with Gasteiger partial charge >= 0.3 is 11.8 Å². The second-order valence-corrected chi connectivity index (χ2v) is 6.96. The SMILES string of the molecule is O=C(Nn1cnnc1)C(=O)NC12CC3CC(CC(C3)C1)C2. The van der Waals surface area contributed by atoms with Gasteiger partial charge in [0, 0.05) is 5.54 Å². The summed E-state index contributed by atoms with van der Waals surface area (Å²) in [6.07, 6.45) is 9.71. The molecule has 0 aliphatic heterocycles. The lowest BCUT2D eigenvalue weighted by molar-refractivity contribution is -0.140. The molecule has 7 nitrogen and oxygen atoms in total. The number of nitrogens with one attached hydrogen (secondary N) is 2. The molecule has 4 fully saturated rings. The topological polar surface area (TPSA) is 88.9 Å². The molecule has 0 spiro atoms. The maximum Gasteiger partial charge on any atom is 0.328 e. The molecular weight excluding hydrogens is 270 g/mol. The predicted octanol–water partition coefficient (Wildman–Crippen LogP) is 0.433. The maximum absolute atomic E-state index is 12.2. The van der Waals surface area contributed by atoms with E-state index in [2.05, 4.69) is 20.9 Å². The van der Waals surface area contributed by atoms with Crippen LogP contribution in [0.4, 0.5) is 0 Å². The second kappa shape index (κ2) is 4.54. The largest absolute Gasteiger partial charge is 0.342 e. The molecule has 1 aromatic rings. The molecule has 0 saturated heterocycles. The summed E-state index contributed by atoms with van der Waals surface area (Å²) >= 11 is 0. The van der Waals surface area contributed by atoms with E-state index in [4.69, 9.17) is 0 Å². The normalized spacial score (nSPS) is 36.5. The molecule has 0 aromatic carbocycles. The fourth-order valence-electron chi connectivity index (χ4n) is 4.99. The van der Waals surface area contributed by atoms with E-state index >= 15 is 0 Å². The molecule has 21 heavy (non-hydrogen) atoms. The van der Waals surface area contributed by atoms with Gasteiger partial charge < -0.3 is 5.32 Å². The summed E-state index contributed by atoms with van der Waals surface area (Å²) in [5.74, 6) is 0.989. The molecule has 4 bridgehead atoms. The zero-order valence-electron chi connectivity index (χ0n) is 11.8. The van der Waals surface area contributed by atoms with Crippen molar-refractivity contribution in [2.24, 2.45) is 17.8 Å². The first-order valence-electron chi connectivity index (χ1n) is 7.60. The average Bonchev–Trinajstić information content (AvgIpc) is 2.89. The predicted molar refractivity (Wildman–Crippen MR) is 73.4 cm³/mol. The smallest absolute Gasteiger partial charge is 0.328 e. The lowest BCUT2D eigenvalue weighted by atomic mass is 9.53. The molecule has 4 aliphatic carbocycles. The highest BCUT2D eigenvalue weighted by Crippen LogP contribution is 2.55. The number of hydrogen-bond acceptors (Lipinski definition) is 4. The van der Waals surface area contributed by atoms with Gasteiger partial charge in [0.15, 0.2) is 0 Å². The third-order valence-corrected chi connectivity index (χ3v) is 5.27. The molecule has 112 valence electrons.